The van der Waals surface area contributed by atoms with Crippen LogP contribution in [0.3, 0.4) is 0 Å². The van der Waals surface area contributed by atoms with Crippen molar-refractivity contribution in [2.75, 3.05) is 7.11 Å². The van der Waals surface area contributed by atoms with Crippen molar-refractivity contribution in [1.29, 1.82) is 0 Å². The number of nitrogens with zero attached hydrogens (tertiary/aromatic N) is 1. The van der Waals surface area contributed by atoms with Crippen LogP contribution in [0.5, 0.6) is 11.5 Å². The highest BCUT2D eigenvalue weighted by Gasteiger charge is 2.40. The van der Waals surface area contributed by atoms with Crippen LogP contribution in [0.15, 0.2) is 17.1 Å². The van der Waals surface area contributed by atoms with Crippen molar-refractivity contribution in [3.05, 3.63) is 17.2 Å². The Labute approximate surface area is 182 Å². The molecule has 1 aromatic carbocycles. The zero-order chi connectivity index (χ0) is 22.1. The summed E-state index contributed by atoms with van der Waals surface area (Å²) in [5.74, 6) is 1.41. The largest absolute Gasteiger partial charge is 0.493 e. The molecule has 0 N–H and O–H groups in total. The minimum absolute atomic E-state index is 0.0890. The Bertz CT molecular complexity index is 688. The van der Waals surface area contributed by atoms with E-state index in [2.05, 4.69) is 46.5 Å². The highest BCUT2D eigenvalue weighted by Crippen LogP contribution is 2.44. The first-order valence-electron chi connectivity index (χ1n) is 10.7. The van der Waals surface area contributed by atoms with Gasteiger partial charge in [-0.3, -0.25) is 0 Å². The second-order valence-electron chi connectivity index (χ2n) is 9.34. The molecule has 0 aliphatic heterocycles. The van der Waals surface area contributed by atoms with Crippen LogP contribution in [-0.4, -0.2) is 18.8 Å². The molecule has 4 nitrogen and oxygen atoms in total. The maximum absolute atomic E-state index is 10.6. The molecule has 0 saturated heterocycles. The van der Waals surface area contributed by atoms with Crippen LogP contribution in [0.2, 0.25) is 5.02 Å². The number of unbranched alkanes of at least 4 members (excludes halogenated alkanes) is 5. The Morgan fingerprint density at radius 2 is 1.66 bits per heavy atom. The topological polar surface area (TPSA) is 47.9 Å². The van der Waals surface area contributed by atoms with Crippen molar-refractivity contribution in [3.63, 3.8) is 0 Å². The van der Waals surface area contributed by atoms with Gasteiger partial charge in [-0.15, -0.1) is 0 Å². The number of hydrogen-bond acceptors (Lipinski definition) is 4. The summed E-state index contributed by atoms with van der Waals surface area (Å²) < 4.78 is 11.9. The van der Waals surface area contributed by atoms with Crippen LogP contribution in [0.1, 0.15) is 86.5 Å². The zero-order valence-corrected chi connectivity index (χ0v) is 20.0. The lowest BCUT2D eigenvalue weighted by Gasteiger charge is -2.43. The average Bonchev–Trinajstić information content (AvgIpc) is 2.61. The lowest BCUT2D eigenvalue weighted by atomic mass is 9.69. The Morgan fingerprint density at radius 3 is 2.21 bits per heavy atom. The molecule has 0 amide bonds. The predicted molar refractivity (Wildman–Crippen MR) is 121 cm³/mol. The minimum atomic E-state index is -0.423. The molecule has 0 spiro atoms. The summed E-state index contributed by atoms with van der Waals surface area (Å²) >= 11 is 6.27. The molecular formula is C24H38ClNO3. The summed E-state index contributed by atoms with van der Waals surface area (Å²) in [5.41, 5.74) is -0.0116. The molecule has 0 saturated carbocycles. The lowest BCUT2D eigenvalue weighted by molar-refractivity contribution is -0.0182. The first kappa shape index (κ1) is 25.5. The zero-order valence-electron chi connectivity index (χ0n) is 19.2. The van der Waals surface area contributed by atoms with Crippen molar-refractivity contribution in [2.45, 2.75) is 92.1 Å². The van der Waals surface area contributed by atoms with E-state index in [1.54, 1.807) is 19.2 Å². The fourth-order valence-electron chi connectivity index (χ4n) is 4.21. The van der Waals surface area contributed by atoms with Gasteiger partial charge in [-0.05, 0) is 25.7 Å². The molecule has 0 aromatic heterocycles. The fourth-order valence-corrected chi connectivity index (χ4v) is 4.40. The number of hydrogen-bond donors (Lipinski definition) is 0. The van der Waals surface area contributed by atoms with Crippen molar-refractivity contribution in [2.24, 2.45) is 16.3 Å². The first-order valence-corrected chi connectivity index (χ1v) is 11.1. The number of isocyanates is 1. The standard InChI is InChI=1S/C24H38ClNO3/c1-8-9-10-11-12-13-14-22(23(2,3)4)24(5,6)29-21-15-18(25)19(26-17-27)16-20(21)28-7/h15-16,22H,8-14H2,1-7H3. The molecule has 0 aliphatic rings. The van der Waals surface area contributed by atoms with Gasteiger partial charge in [0, 0.05) is 18.1 Å². The predicted octanol–water partition coefficient (Wildman–Crippen LogP) is 7.89. The van der Waals surface area contributed by atoms with E-state index in [9.17, 15) is 4.79 Å². The van der Waals surface area contributed by atoms with Crippen LogP contribution in [0.4, 0.5) is 5.69 Å². The van der Waals surface area contributed by atoms with Crippen LogP contribution in [0, 0.1) is 11.3 Å². The van der Waals surface area contributed by atoms with E-state index in [-0.39, 0.29) is 5.41 Å². The number of ether oxygens (including phenoxy) is 2. The first-order chi connectivity index (χ1) is 13.6. The van der Waals surface area contributed by atoms with Crippen molar-refractivity contribution in [1.82, 2.24) is 0 Å². The van der Waals surface area contributed by atoms with Gasteiger partial charge < -0.3 is 9.47 Å². The van der Waals surface area contributed by atoms with E-state index < -0.39 is 5.60 Å². The summed E-state index contributed by atoms with van der Waals surface area (Å²) in [7, 11) is 1.56. The van der Waals surface area contributed by atoms with Gasteiger partial charge in [-0.25, -0.2) is 4.79 Å². The van der Waals surface area contributed by atoms with E-state index in [1.807, 2.05) is 0 Å². The van der Waals surface area contributed by atoms with Crippen molar-refractivity contribution in [3.8, 4) is 11.5 Å². The Hall–Kier alpha value is -1.51. The molecule has 0 heterocycles. The van der Waals surface area contributed by atoms with E-state index in [1.165, 1.54) is 44.6 Å². The molecule has 164 valence electrons. The summed E-state index contributed by atoms with van der Waals surface area (Å²) in [6.45, 7) is 13.3. The molecule has 1 aromatic rings. The summed E-state index contributed by atoms with van der Waals surface area (Å²) in [5, 5.41) is 0.336. The van der Waals surface area contributed by atoms with Crippen molar-refractivity contribution >= 4 is 23.4 Å². The minimum Gasteiger partial charge on any atom is -0.493 e. The van der Waals surface area contributed by atoms with Gasteiger partial charge in [0.15, 0.2) is 11.5 Å². The van der Waals surface area contributed by atoms with Gasteiger partial charge in [0.1, 0.15) is 5.60 Å². The Balaban J connectivity index is 3.00. The number of rotatable bonds is 12. The Morgan fingerprint density at radius 1 is 1.03 bits per heavy atom. The van der Waals surface area contributed by atoms with Crippen molar-refractivity contribution < 1.29 is 14.3 Å². The van der Waals surface area contributed by atoms with Crippen LogP contribution < -0.4 is 9.47 Å². The molecule has 1 unspecified atom stereocenters. The van der Waals surface area contributed by atoms with Gasteiger partial charge in [-0.1, -0.05) is 77.8 Å². The maximum atomic E-state index is 10.6. The number of carbonyl (C=O) groups excluding carboxylic acids is 1. The molecule has 0 aliphatic carbocycles. The number of halogens is 1. The van der Waals surface area contributed by atoms with Gasteiger partial charge >= 0.3 is 0 Å². The highest BCUT2D eigenvalue weighted by molar-refractivity contribution is 6.33. The van der Waals surface area contributed by atoms with Gasteiger partial charge in [0.2, 0.25) is 6.08 Å². The third kappa shape index (κ3) is 8.03. The number of methoxy groups -OCH3 is 1. The quantitative estimate of drug-likeness (QED) is 0.195. The molecule has 0 bridgehead atoms. The summed E-state index contributed by atoms with van der Waals surface area (Å²) in [6.07, 6.45) is 10.3. The fraction of sp³-hybridized carbons (Fsp3) is 0.708. The van der Waals surface area contributed by atoms with E-state index in [0.717, 1.165) is 6.42 Å². The molecule has 5 heteroatoms. The molecule has 0 radical (unpaired) electrons. The van der Waals surface area contributed by atoms with E-state index >= 15 is 0 Å². The lowest BCUT2D eigenvalue weighted by Crippen LogP contribution is -2.44. The molecule has 29 heavy (non-hydrogen) atoms. The third-order valence-corrected chi connectivity index (χ3v) is 5.81. The molecule has 0 fully saturated rings. The SMILES string of the molecule is CCCCCCCCC(C(C)(C)C)C(C)(C)Oc1cc(Cl)c(N=C=O)cc1OC. The second kappa shape index (κ2) is 11.6. The van der Waals surface area contributed by atoms with E-state index in [4.69, 9.17) is 21.1 Å². The van der Waals surface area contributed by atoms with E-state index in [0.29, 0.717) is 28.1 Å². The smallest absolute Gasteiger partial charge is 0.240 e. The highest BCUT2D eigenvalue weighted by atomic mass is 35.5. The van der Waals surface area contributed by atoms with Gasteiger partial charge in [0.25, 0.3) is 0 Å². The van der Waals surface area contributed by atoms with Crippen LogP contribution in [-0.2, 0) is 4.79 Å². The monoisotopic (exact) mass is 423 g/mol. The molecular weight excluding hydrogens is 386 g/mol. The van der Waals surface area contributed by atoms with Gasteiger partial charge in [0.05, 0.1) is 17.8 Å². The molecule has 1 atom stereocenters. The third-order valence-electron chi connectivity index (χ3n) is 5.50. The normalized spacial score (nSPS) is 13.0. The second-order valence-corrected chi connectivity index (χ2v) is 9.75. The summed E-state index contributed by atoms with van der Waals surface area (Å²) in [6, 6.07) is 3.28. The molecule has 1 rings (SSSR count). The summed E-state index contributed by atoms with van der Waals surface area (Å²) in [4.78, 5) is 14.2. The van der Waals surface area contributed by atoms with Crippen LogP contribution >= 0.6 is 11.6 Å². The Kier molecular flexibility index (Phi) is 10.2. The average molecular weight is 424 g/mol. The number of benzene rings is 1. The van der Waals surface area contributed by atoms with Gasteiger partial charge in [-0.2, -0.15) is 4.99 Å². The maximum Gasteiger partial charge on any atom is 0.240 e. The van der Waals surface area contributed by atoms with Crippen LogP contribution in [0.25, 0.3) is 0 Å². The number of aliphatic imine (C=N–C) groups is 1.